The highest BCUT2D eigenvalue weighted by molar-refractivity contribution is 7.15. The average Bonchev–Trinajstić information content (AvgIpc) is 3.05. The summed E-state index contributed by atoms with van der Waals surface area (Å²) in [5.41, 5.74) is 1.02. The fourth-order valence-corrected chi connectivity index (χ4v) is 3.99. The zero-order chi connectivity index (χ0) is 21.1. The van der Waals surface area contributed by atoms with Crippen LogP contribution in [0, 0.1) is 0 Å². The Kier molecular flexibility index (Phi) is 5.74. The van der Waals surface area contributed by atoms with E-state index >= 15 is 0 Å². The van der Waals surface area contributed by atoms with E-state index in [9.17, 15) is 9.59 Å². The molecular weight excluding hydrogens is 422 g/mol. The Morgan fingerprint density at radius 1 is 1.13 bits per heavy atom. The van der Waals surface area contributed by atoms with Crippen molar-refractivity contribution >= 4 is 40.1 Å². The van der Waals surface area contributed by atoms with Crippen molar-refractivity contribution in [3.63, 3.8) is 0 Å². The highest BCUT2D eigenvalue weighted by Crippen LogP contribution is 2.19. The number of ether oxygens (including phenoxy) is 1. The zero-order valence-electron chi connectivity index (χ0n) is 15.9. The topological polar surface area (TPSA) is 73.6 Å². The number of allylic oxidation sites excluding steroid dienone is 1. The molecule has 0 aliphatic rings. The number of hydrogen-bond acceptors (Lipinski definition) is 6. The molecule has 150 valence electrons. The van der Waals surface area contributed by atoms with Crippen LogP contribution in [0.2, 0.25) is 5.02 Å². The van der Waals surface area contributed by atoms with E-state index in [1.807, 2.05) is 48.5 Å². The molecule has 8 heteroatoms. The third-order valence-electron chi connectivity index (χ3n) is 4.43. The summed E-state index contributed by atoms with van der Waals surface area (Å²) in [7, 11) is 1.60. The predicted molar refractivity (Wildman–Crippen MR) is 119 cm³/mol. The zero-order valence-corrected chi connectivity index (χ0v) is 17.5. The lowest BCUT2D eigenvalue weighted by Gasteiger charge is -2.02. The molecule has 0 unspecified atom stereocenters. The predicted octanol–water partition coefficient (Wildman–Crippen LogP) is 2.98. The molecule has 0 saturated carbocycles. The van der Waals surface area contributed by atoms with Crippen molar-refractivity contribution in [2.24, 2.45) is 0 Å². The number of thiazole rings is 1. The number of fused-ring (bicyclic) bond motifs is 1. The van der Waals surface area contributed by atoms with Crippen molar-refractivity contribution in [2.45, 2.75) is 6.42 Å². The van der Waals surface area contributed by atoms with Crippen molar-refractivity contribution in [1.29, 1.82) is 0 Å². The van der Waals surface area contributed by atoms with Crippen LogP contribution in [0.15, 0.2) is 64.2 Å². The third-order valence-corrected chi connectivity index (χ3v) is 5.77. The molecule has 0 aliphatic heterocycles. The summed E-state index contributed by atoms with van der Waals surface area (Å²) in [5.74, 6) is 0.735. The molecule has 0 atom stereocenters. The minimum Gasteiger partial charge on any atom is -0.496 e. The van der Waals surface area contributed by atoms with Crippen LogP contribution in [0.5, 0.6) is 5.75 Å². The van der Waals surface area contributed by atoms with Gasteiger partial charge in [0.05, 0.1) is 11.6 Å². The van der Waals surface area contributed by atoms with Crippen LogP contribution in [-0.2, 0) is 6.42 Å². The summed E-state index contributed by atoms with van der Waals surface area (Å²) in [6.07, 6.45) is 5.48. The summed E-state index contributed by atoms with van der Waals surface area (Å²) >= 11 is 7.29. The molecule has 0 N–H and O–H groups in total. The number of benzene rings is 2. The summed E-state index contributed by atoms with van der Waals surface area (Å²) in [6, 6.07) is 14.7. The van der Waals surface area contributed by atoms with Gasteiger partial charge in [0, 0.05) is 17.0 Å². The first-order chi connectivity index (χ1) is 14.6. The number of methoxy groups -OCH3 is 1. The second-order valence-corrected chi connectivity index (χ2v) is 7.78. The molecule has 2 heterocycles. The molecule has 6 nitrogen and oxygen atoms in total. The van der Waals surface area contributed by atoms with E-state index in [1.165, 1.54) is 4.52 Å². The lowest BCUT2D eigenvalue weighted by Crippen LogP contribution is -2.27. The van der Waals surface area contributed by atoms with E-state index in [0.717, 1.165) is 28.2 Å². The Labute approximate surface area is 180 Å². The van der Waals surface area contributed by atoms with Gasteiger partial charge in [-0.25, -0.2) is 0 Å². The number of aromatic nitrogens is 3. The van der Waals surface area contributed by atoms with Crippen LogP contribution in [0.1, 0.15) is 16.8 Å². The molecule has 0 radical (unpaired) electrons. The fourth-order valence-electron chi connectivity index (χ4n) is 2.93. The summed E-state index contributed by atoms with van der Waals surface area (Å²) in [6.45, 7) is 0. The molecule has 0 spiro atoms. The second kappa shape index (κ2) is 8.61. The van der Waals surface area contributed by atoms with Gasteiger partial charge in [-0.05, 0) is 23.8 Å². The summed E-state index contributed by atoms with van der Waals surface area (Å²) in [5, 5.41) is 4.78. The van der Waals surface area contributed by atoms with E-state index in [2.05, 4.69) is 10.1 Å². The molecule has 0 saturated heterocycles. The first-order valence-corrected chi connectivity index (χ1v) is 10.2. The SMILES string of the molecule is COc1ccccc1/C=C/C=c1/sc2nc(=O)c(Cc3ccccc3Cl)nn2c1=O. The highest BCUT2D eigenvalue weighted by Gasteiger charge is 2.12. The lowest BCUT2D eigenvalue weighted by molar-refractivity contribution is 0.414. The number of nitrogens with zero attached hydrogens (tertiary/aromatic N) is 3. The van der Waals surface area contributed by atoms with E-state index < -0.39 is 5.56 Å². The molecule has 2 aromatic carbocycles. The molecule has 30 heavy (non-hydrogen) atoms. The van der Waals surface area contributed by atoms with Crippen LogP contribution in [0.3, 0.4) is 0 Å². The molecule has 0 aliphatic carbocycles. The van der Waals surface area contributed by atoms with Crippen LogP contribution in [0.25, 0.3) is 17.1 Å². The van der Waals surface area contributed by atoms with Crippen LogP contribution in [-0.4, -0.2) is 21.7 Å². The van der Waals surface area contributed by atoms with Gasteiger partial charge in [-0.15, -0.1) is 0 Å². The maximum Gasteiger partial charge on any atom is 0.296 e. The molecule has 4 rings (SSSR count). The normalized spacial score (nSPS) is 12.1. The average molecular weight is 438 g/mol. The summed E-state index contributed by atoms with van der Waals surface area (Å²) in [4.78, 5) is 29.4. The van der Waals surface area contributed by atoms with Crippen molar-refractivity contribution in [3.05, 3.63) is 102 Å². The highest BCUT2D eigenvalue weighted by atomic mass is 35.5. The maximum atomic E-state index is 12.7. The monoisotopic (exact) mass is 437 g/mol. The number of halogens is 1. The smallest absolute Gasteiger partial charge is 0.296 e. The van der Waals surface area contributed by atoms with Gasteiger partial charge in [-0.3, -0.25) is 9.59 Å². The summed E-state index contributed by atoms with van der Waals surface area (Å²) < 4.78 is 6.90. The Hall–Kier alpha value is -3.29. The molecular formula is C22H16ClN3O3S. The van der Waals surface area contributed by atoms with Crippen LogP contribution < -0.4 is 20.4 Å². The van der Waals surface area contributed by atoms with E-state index in [1.54, 1.807) is 25.3 Å². The van der Waals surface area contributed by atoms with E-state index in [0.29, 0.717) is 9.55 Å². The number of hydrogen-bond donors (Lipinski definition) is 0. The van der Waals surface area contributed by atoms with Gasteiger partial charge in [0.15, 0.2) is 0 Å². The van der Waals surface area contributed by atoms with Crippen molar-refractivity contribution in [2.75, 3.05) is 7.11 Å². The third kappa shape index (κ3) is 4.03. The molecule has 0 bridgehead atoms. The first kappa shape index (κ1) is 20.0. The van der Waals surface area contributed by atoms with Crippen molar-refractivity contribution < 1.29 is 4.74 Å². The second-order valence-electron chi connectivity index (χ2n) is 6.37. The molecule has 4 aromatic rings. The van der Waals surface area contributed by atoms with Gasteiger partial charge < -0.3 is 4.74 Å². The Balaban J connectivity index is 1.71. The quantitative estimate of drug-likeness (QED) is 0.480. The molecule has 0 amide bonds. The Morgan fingerprint density at radius 2 is 1.90 bits per heavy atom. The van der Waals surface area contributed by atoms with Gasteiger partial charge in [-0.1, -0.05) is 71.5 Å². The number of para-hydroxylation sites is 1. The Morgan fingerprint density at radius 3 is 2.70 bits per heavy atom. The maximum absolute atomic E-state index is 12.7. The standard InChI is InChI=1S/C22H16ClN3O3S/c1-29-18-11-5-3-7-14(18)9-6-12-19-21(28)26-22(30-19)24-20(27)17(25-26)13-15-8-2-4-10-16(15)23/h2-12H,13H2,1H3/b9-6+,19-12+. The molecule has 0 fully saturated rings. The van der Waals surface area contributed by atoms with Crippen molar-refractivity contribution in [3.8, 4) is 5.75 Å². The number of rotatable bonds is 5. The van der Waals surface area contributed by atoms with Gasteiger partial charge in [-0.2, -0.15) is 14.6 Å². The lowest BCUT2D eigenvalue weighted by atomic mass is 10.1. The minimum atomic E-state index is -0.465. The van der Waals surface area contributed by atoms with Crippen LogP contribution >= 0.6 is 22.9 Å². The van der Waals surface area contributed by atoms with Gasteiger partial charge in [0.1, 0.15) is 11.4 Å². The van der Waals surface area contributed by atoms with Crippen molar-refractivity contribution in [1.82, 2.24) is 14.6 Å². The van der Waals surface area contributed by atoms with E-state index in [-0.39, 0.29) is 22.6 Å². The van der Waals surface area contributed by atoms with Crippen LogP contribution in [0.4, 0.5) is 0 Å². The Bertz CT molecular complexity index is 1430. The van der Waals surface area contributed by atoms with E-state index in [4.69, 9.17) is 16.3 Å². The molecule has 2 aromatic heterocycles. The van der Waals surface area contributed by atoms with Gasteiger partial charge >= 0.3 is 0 Å². The first-order valence-electron chi connectivity index (χ1n) is 9.04. The van der Waals surface area contributed by atoms with Gasteiger partial charge in [0.25, 0.3) is 11.1 Å². The van der Waals surface area contributed by atoms with Gasteiger partial charge in [0.2, 0.25) is 4.96 Å². The minimum absolute atomic E-state index is 0.173. The largest absolute Gasteiger partial charge is 0.496 e. The fraction of sp³-hybridized carbons (Fsp3) is 0.0909.